The van der Waals surface area contributed by atoms with Crippen LogP contribution in [0.1, 0.15) is 33.6 Å². The van der Waals surface area contributed by atoms with Gasteiger partial charge in [-0.1, -0.05) is 32.9 Å². The average molecular weight is 200 g/mol. The maximum absolute atomic E-state index is 10.9. The van der Waals surface area contributed by atoms with Crippen molar-refractivity contribution < 1.29 is 14.3 Å². The molecule has 3 nitrogen and oxygen atoms in total. The number of allylic oxidation sites excluding steroid dienone is 1. The summed E-state index contributed by atoms with van der Waals surface area (Å²) in [4.78, 5) is 10.9. The van der Waals surface area contributed by atoms with E-state index in [2.05, 4.69) is 6.92 Å². The summed E-state index contributed by atoms with van der Waals surface area (Å²) in [6, 6.07) is 0. The lowest BCUT2D eigenvalue weighted by Crippen LogP contribution is -2.12. The largest absolute Gasteiger partial charge is 0.508 e. The first-order valence-electron chi connectivity index (χ1n) is 5.11. The summed E-state index contributed by atoms with van der Waals surface area (Å²) in [5.74, 6) is 0.350. The SMILES string of the molecule is CC/C=C\CCOC(=O)OCC(C)C. The van der Waals surface area contributed by atoms with Crippen LogP contribution in [0.5, 0.6) is 0 Å². The first kappa shape index (κ1) is 13.0. The van der Waals surface area contributed by atoms with Crippen molar-refractivity contribution in [2.45, 2.75) is 33.6 Å². The monoisotopic (exact) mass is 200 g/mol. The van der Waals surface area contributed by atoms with Crippen molar-refractivity contribution in [3.8, 4) is 0 Å². The highest BCUT2D eigenvalue weighted by Crippen LogP contribution is 1.96. The van der Waals surface area contributed by atoms with E-state index in [9.17, 15) is 4.79 Å². The Morgan fingerprint density at radius 2 is 2.00 bits per heavy atom. The molecular weight excluding hydrogens is 180 g/mol. The molecule has 0 rings (SSSR count). The second-order valence-electron chi connectivity index (χ2n) is 3.47. The molecule has 0 aliphatic carbocycles. The molecule has 3 heteroatoms. The number of hydrogen-bond acceptors (Lipinski definition) is 3. The molecule has 0 aliphatic heterocycles. The quantitative estimate of drug-likeness (QED) is 0.375. The van der Waals surface area contributed by atoms with E-state index in [1.54, 1.807) is 0 Å². The topological polar surface area (TPSA) is 35.5 Å². The van der Waals surface area contributed by atoms with Gasteiger partial charge in [-0.25, -0.2) is 4.79 Å². The summed E-state index contributed by atoms with van der Waals surface area (Å²) >= 11 is 0. The second kappa shape index (κ2) is 8.60. The number of rotatable bonds is 6. The van der Waals surface area contributed by atoms with Crippen LogP contribution >= 0.6 is 0 Å². The van der Waals surface area contributed by atoms with E-state index < -0.39 is 6.16 Å². The number of carbonyl (C=O) groups excluding carboxylic acids is 1. The zero-order valence-electron chi connectivity index (χ0n) is 9.29. The molecule has 0 atom stereocenters. The second-order valence-corrected chi connectivity index (χ2v) is 3.47. The van der Waals surface area contributed by atoms with Gasteiger partial charge < -0.3 is 9.47 Å². The molecule has 0 aromatic heterocycles. The first-order valence-corrected chi connectivity index (χ1v) is 5.11. The molecule has 0 unspecified atom stereocenters. The smallest absolute Gasteiger partial charge is 0.434 e. The van der Waals surface area contributed by atoms with Crippen LogP contribution in [-0.4, -0.2) is 19.4 Å². The van der Waals surface area contributed by atoms with E-state index in [-0.39, 0.29) is 0 Å². The van der Waals surface area contributed by atoms with Crippen LogP contribution in [0, 0.1) is 5.92 Å². The molecule has 0 saturated carbocycles. The summed E-state index contributed by atoms with van der Waals surface area (Å²) in [5.41, 5.74) is 0. The zero-order chi connectivity index (χ0) is 10.8. The maximum Gasteiger partial charge on any atom is 0.508 e. The lowest BCUT2D eigenvalue weighted by atomic mass is 10.2. The van der Waals surface area contributed by atoms with Crippen LogP contribution in [0.4, 0.5) is 4.79 Å². The van der Waals surface area contributed by atoms with Crippen molar-refractivity contribution in [3.05, 3.63) is 12.2 Å². The summed E-state index contributed by atoms with van der Waals surface area (Å²) in [5, 5.41) is 0. The molecule has 0 heterocycles. The van der Waals surface area contributed by atoms with E-state index >= 15 is 0 Å². The Bertz CT molecular complexity index is 173. The highest BCUT2D eigenvalue weighted by atomic mass is 16.7. The first-order chi connectivity index (χ1) is 6.66. The summed E-state index contributed by atoms with van der Waals surface area (Å²) in [6.07, 6.45) is 5.24. The van der Waals surface area contributed by atoms with E-state index in [0.29, 0.717) is 19.1 Å². The summed E-state index contributed by atoms with van der Waals surface area (Å²) in [6.45, 7) is 6.85. The van der Waals surface area contributed by atoms with Crippen LogP contribution in [0.3, 0.4) is 0 Å². The van der Waals surface area contributed by atoms with Gasteiger partial charge in [0.1, 0.15) is 0 Å². The molecule has 82 valence electrons. The molecule has 0 saturated heterocycles. The van der Waals surface area contributed by atoms with Crippen LogP contribution < -0.4 is 0 Å². The third-order valence-electron chi connectivity index (χ3n) is 1.44. The molecule has 14 heavy (non-hydrogen) atoms. The maximum atomic E-state index is 10.9. The minimum Gasteiger partial charge on any atom is -0.434 e. The minimum atomic E-state index is -0.566. The number of ether oxygens (including phenoxy) is 2. The molecule has 0 aliphatic rings. The van der Waals surface area contributed by atoms with Crippen molar-refractivity contribution >= 4 is 6.16 Å². The Balaban J connectivity index is 3.31. The Kier molecular flexibility index (Phi) is 7.99. The van der Waals surface area contributed by atoms with Gasteiger partial charge in [0.05, 0.1) is 13.2 Å². The molecule has 0 N–H and O–H groups in total. The van der Waals surface area contributed by atoms with E-state index in [1.165, 1.54) is 0 Å². The Morgan fingerprint density at radius 3 is 2.57 bits per heavy atom. The zero-order valence-corrected chi connectivity index (χ0v) is 9.29. The Hall–Kier alpha value is -0.990. The van der Waals surface area contributed by atoms with Gasteiger partial charge in [-0.05, 0) is 18.8 Å². The molecular formula is C11H20O3. The summed E-state index contributed by atoms with van der Waals surface area (Å²) in [7, 11) is 0. The van der Waals surface area contributed by atoms with Gasteiger partial charge >= 0.3 is 6.16 Å². The van der Waals surface area contributed by atoms with Gasteiger partial charge in [-0.2, -0.15) is 0 Å². The van der Waals surface area contributed by atoms with Crippen LogP contribution in [0.15, 0.2) is 12.2 Å². The molecule has 0 aromatic carbocycles. The Labute approximate surface area is 86.1 Å². The fraction of sp³-hybridized carbons (Fsp3) is 0.727. The molecule has 0 bridgehead atoms. The van der Waals surface area contributed by atoms with Crippen molar-refractivity contribution in [2.24, 2.45) is 5.92 Å². The molecule has 0 fully saturated rings. The number of carbonyl (C=O) groups is 1. The number of hydrogen-bond donors (Lipinski definition) is 0. The van der Waals surface area contributed by atoms with Gasteiger partial charge in [0.2, 0.25) is 0 Å². The predicted molar refractivity (Wildman–Crippen MR) is 56.2 cm³/mol. The standard InChI is InChI=1S/C11H20O3/c1-4-5-6-7-8-13-11(12)14-9-10(2)3/h5-6,10H,4,7-9H2,1-3H3/b6-5-. The van der Waals surface area contributed by atoms with Gasteiger partial charge in [0.25, 0.3) is 0 Å². The highest BCUT2D eigenvalue weighted by Gasteiger charge is 2.03. The van der Waals surface area contributed by atoms with E-state index in [0.717, 1.165) is 12.8 Å². The van der Waals surface area contributed by atoms with Gasteiger partial charge in [-0.3, -0.25) is 0 Å². The van der Waals surface area contributed by atoms with E-state index in [1.807, 2.05) is 26.0 Å². The van der Waals surface area contributed by atoms with Gasteiger partial charge in [-0.15, -0.1) is 0 Å². The highest BCUT2D eigenvalue weighted by molar-refractivity contribution is 5.59. The summed E-state index contributed by atoms with van der Waals surface area (Å²) < 4.78 is 9.65. The normalized spacial score (nSPS) is 10.9. The molecule has 0 amide bonds. The van der Waals surface area contributed by atoms with Crippen LogP contribution in [0.25, 0.3) is 0 Å². The molecule has 0 aromatic rings. The van der Waals surface area contributed by atoms with E-state index in [4.69, 9.17) is 9.47 Å². The van der Waals surface area contributed by atoms with Crippen molar-refractivity contribution in [1.29, 1.82) is 0 Å². The Morgan fingerprint density at radius 1 is 1.29 bits per heavy atom. The average Bonchev–Trinajstić information content (AvgIpc) is 2.14. The molecule has 0 spiro atoms. The third-order valence-corrected chi connectivity index (χ3v) is 1.44. The predicted octanol–water partition coefficient (Wildman–Crippen LogP) is 3.15. The van der Waals surface area contributed by atoms with Gasteiger partial charge in [0, 0.05) is 0 Å². The van der Waals surface area contributed by atoms with Crippen LogP contribution in [-0.2, 0) is 9.47 Å². The fourth-order valence-electron chi connectivity index (χ4n) is 0.771. The third kappa shape index (κ3) is 9.10. The van der Waals surface area contributed by atoms with Crippen LogP contribution in [0.2, 0.25) is 0 Å². The lowest BCUT2D eigenvalue weighted by molar-refractivity contribution is 0.0487. The molecule has 0 radical (unpaired) electrons. The minimum absolute atomic E-state index is 0.350. The fourth-order valence-corrected chi connectivity index (χ4v) is 0.771. The van der Waals surface area contributed by atoms with Crippen molar-refractivity contribution in [1.82, 2.24) is 0 Å². The lowest BCUT2D eigenvalue weighted by Gasteiger charge is -2.06. The van der Waals surface area contributed by atoms with Crippen molar-refractivity contribution in [2.75, 3.05) is 13.2 Å². The van der Waals surface area contributed by atoms with Crippen molar-refractivity contribution in [3.63, 3.8) is 0 Å². The van der Waals surface area contributed by atoms with Gasteiger partial charge in [0.15, 0.2) is 0 Å².